The Morgan fingerprint density at radius 1 is 0.955 bits per heavy atom. The molecule has 1 aliphatic heterocycles. The van der Waals surface area contributed by atoms with Gasteiger partial charge in [0, 0.05) is 38.6 Å². The maximum Gasteiger partial charge on any atom is 0.161 e. The zero-order valence-electron chi connectivity index (χ0n) is 13.7. The monoisotopic (exact) mass is 376 g/mol. The molecule has 2 nitrogen and oxygen atoms in total. The topological polar surface area (TPSA) is 18.5 Å². The van der Waals surface area contributed by atoms with Crippen molar-refractivity contribution in [1.82, 2.24) is 0 Å². The molecule has 0 amide bonds. The van der Waals surface area contributed by atoms with E-state index in [0.717, 1.165) is 30.6 Å². The van der Waals surface area contributed by atoms with E-state index in [0.29, 0.717) is 5.92 Å². The fourth-order valence-electron chi connectivity index (χ4n) is 3.55. The first kappa shape index (κ1) is 18.6. The standard InChI is InChI=1S/C19H27O2.Y/c1-15-7-9-16(10-8-15)11-12-17-13-20-19(21-14-17)18-5-3-2-4-6-18;/h3-6,15-17,19H,7-14H2,1H3;/q-1;. The molecule has 1 aliphatic carbocycles. The third-order valence-corrected chi connectivity index (χ3v) is 5.10. The molecule has 2 aliphatic rings. The van der Waals surface area contributed by atoms with Crippen molar-refractivity contribution in [3.8, 4) is 0 Å². The largest absolute Gasteiger partial charge is 0.350 e. The van der Waals surface area contributed by atoms with Crippen LogP contribution >= 0.6 is 0 Å². The van der Waals surface area contributed by atoms with E-state index in [9.17, 15) is 0 Å². The number of hydrogen-bond acceptors (Lipinski definition) is 2. The van der Waals surface area contributed by atoms with Crippen LogP contribution in [0.5, 0.6) is 0 Å². The molecule has 1 aromatic rings. The summed E-state index contributed by atoms with van der Waals surface area (Å²) in [7, 11) is 0. The molecule has 0 bridgehead atoms. The van der Waals surface area contributed by atoms with Crippen LogP contribution in [0.1, 0.15) is 57.3 Å². The average molecular weight is 376 g/mol. The molecular formula is C19H27O2Y-. The Morgan fingerprint density at radius 3 is 2.18 bits per heavy atom. The summed E-state index contributed by atoms with van der Waals surface area (Å²) in [5, 5.41) is 0. The van der Waals surface area contributed by atoms with Gasteiger partial charge in [-0.1, -0.05) is 39.0 Å². The minimum Gasteiger partial charge on any atom is -0.350 e. The summed E-state index contributed by atoms with van der Waals surface area (Å²) in [6, 6.07) is 10.9. The second-order valence-electron chi connectivity index (χ2n) is 6.90. The van der Waals surface area contributed by atoms with E-state index >= 15 is 0 Å². The SMILES string of the molecule is CC1CCC(CCC2COC(c3cc[c-]cc3)OC2)CC1.[Y]. The Kier molecular flexibility index (Phi) is 8.04. The third-order valence-electron chi connectivity index (χ3n) is 5.10. The molecule has 1 radical (unpaired) electrons. The summed E-state index contributed by atoms with van der Waals surface area (Å²) in [6.07, 6.45) is 8.15. The molecule has 1 heterocycles. The van der Waals surface area contributed by atoms with Gasteiger partial charge in [0.2, 0.25) is 0 Å². The van der Waals surface area contributed by atoms with Crippen LogP contribution in [0.2, 0.25) is 0 Å². The van der Waals surface area contributed by atoms with Crippen molar-refractivity contribution >= 4 is 0 Å². The van der Waals surface area contributed by atoms with Crippen LogP contribution in [0.25, 0.3) is 0 Å². The molecule has 1 saturated heterocycles. The molecule has 119 valence electrons. The molecule has 2 fully saturated rings. The molecule has 0 aromatic heterocycles. The molecule has 3 rings (SSSR count). The number of ether oxygens (including phenoxy) is 2. The fourth-order valence-corrected chi connectivity index (χ4v) is 3.55. The van der Waals surface area contributed by atoms with Gasteiger partial charge in [-0.05, 0) is 18.3 Å². The predicted octanol–water partition coefficient (Wildman–Crippen LogP) is 4.75. The number of hydrogen-bond donors (Lipinski definition) is 0. The number of rotatable bonds is 4. The molecule has 1 aromatic carbocycles. The molecule has 0 unspecified atom stereocenters. The molecule has 22 heavy (non-hydrogen) atoms. The summed E-state index contributed by atoms with van der Waals surface area (Å²) in [5.74, 6) is 2.48. The second-order valence-corrected chi connectivity index (χ2v) is 6.90. The Hall–Kier alpha value is 0.244. The van der Waals surface area contributed by atoms with Gasteiger partial charge < -0.3 is 9.47 Å². The van der Waals surface area contributed by atoms with Gasteiger partial charge in [0.25, 0.3) is 0 Å². The van der Waals surface area contributed by atoms with Crippen molar-refractivity contribution in [1.29, 1.82) is 0 Å². The van der Waals surface area contributed by atoms with Crippen molar-refractivity contribution in [2.24, 2.45) is 17.8 Å². The maximum atomic E-state index is 5.90. The van der Waals surface area contributed by atoms with E-state index in [-0.39, 0.29) is 39.0 Å². The van der Waals surface area contributed by atoms with Crippen molar-refractivity contribution in [3.05, 3.63) is 35.9 Å². The van der Waals surface area contributed by atoms with E-state index in [4.69, 9.17) is 9.47 Å². The Bertz CT molecular complexity index is 407. The summed E-state index contributed by atoms with van der Waals surface area (Å²) in [4.78, 5) is 0. The van der Waals surface area contributed by atoms with Crippen LogP contribution < -0.4 is 0 Å². The van der Waals surface area contributed by atoms with Crippen LogP contribution in [0.4, 0.5) is 0 Å². The zero-order valence-corrected chi connectivity index (χ0v) is 16.5. The van der Waals surface area contributed by atoms with E-state index in [1.165, 1.54) is 38.5 Å². The first-order valence-electron chi connectivity index (χ1n) is 8.50. The first-order chi connectivity index (χ1) is 10.3. The van der Waals surface area contributed by atoms with E-state index < -0.39 is 0 Å². The minimum absolute atomic E-state index is 0. The fraction of sp³-hybridized carbons (Fsp3) is 0.684. The Balaban J connectivity index is 0.00000176. The summed E-state index contributed by atoms with van der Waals surface area (Å²) in [6.45, 7) is 4.07. The van der Waals surface area contributed by atoms with Crippen LogP contribution in [-0.4, -0.2) is 13.2 Å². The third kappa shape index (κ3) is 5.40. The van der Waals surface area contributed by atoms with Gasteiger partial charge in [0.05, 0.1) is 13.2 Å². The maximum absolute atomic E-state index is 5.90. The summed E-state index contributed by atoms with van der Waals surface area (Å²) < 4.78 is 11.8. The van der Waals surface area contributed by atoms with Gasteiger partial charge in [-0.3, -0.25) is 0 Å². The molecule has 3 heteroatoms. The Labute approximate surface area is 160 Å². The van der Waals surface area contributed by atoms with Gasteiger partial charge >= 0.3 is 0 Å². The van der Waals surface area contributed by atoms with Crippen LogP contribution in [0, 0.1) is 23.8 Å². The van der Waals surface area contributed by atoms with Crippen molar-refractivity contribution in [3.63, 3.8) is 0 Å². The van der Waals surface area contributed by atoms with Crippen molar-refractivity contribution in [2.75, 3.05) is 13.2 Å². The molecule has 1 saturated carbocycles. The molecule has 0 spiro atoms. The number of benzene rings is 1. The van der Waals surface area contributed by atoms with Gasteiger partial charge in [-0.25, -0.2) is 0 Å². The first-order valence-corrected chi connectivity index (χ1v) is 8.50. The van der Waals surface area contributed by atoms with Crippen LogP contribution in [0.15, 0.2) is 24.3 Å². The van der Waals surface area contributed by atoms with Crippen LogP contribution in [-0.2, 0) is 42.2 Å². The minimum atomic E-state index is -0.175. The summed E-state index contributed by atoms with van der Waals surface area (Å²) in [5.41, 5.74) is 1.11. The molecular weight excluding hydrogens is 349 g/mol. The quantitative estimate of drug-likeness (QED) is 0.706. The zero-order chi connectivity index (χ0) is 14.5. The van der Waals surface area contributed by atoms with Crippen LogP contribution in [0.3, 0.4) is 0 Å². The van der Waals surface area contributed by atoms with Gasteiger partial charge in [0.15, 0.2) is 6.29 Å². The second kappa shape index (κ2) is 9.52. The average Bonchev–Trinajstić information content (AvgIpc) is 2.56. The van der Waals surface area contributed by atoms with Gasteiger partial charge in [0.1, 0.15) is 0 Å². The van der Waals surface area contributed by atoms with E-state index in [1.54, 1.807) is 0 Å². The smallest absolute Gasteiger partial charge is 0.161 e. The molecule has 0 N–H and O–H groups in total. The van der Waals surface area contributed by atoms with E-state index in [1.807, 2.05) is 24.3 Å². The van der Waals surface area contributed by atoms with Gasteiger partial charge in [-0.15, -0.1) is 5.56 Å². The van der Waals surface area contributed by atoms with Gasteiger partial charge in [-0.2, -0.15) is 30.3 Å². The van der Waals surface area contributed by atoms with E-state index in [2.05, 4.69) is 13.0 Å². The summed E-state index contributed by atoms with van der Waals surface area (Å²) >= 11 is 0. The van der Waals surface area contributed by atoms with Crippen molar-refractivity contribution < 1.29 is 42.2 Å². The van der Waals surface area contributed by atoms with Crippen molar-refractivity contribution in [2.45, 2.75) is 51.7 Å². The predicted molar refractivity (Wildman–Crippen MR) is 83.8 cm³/mol. The Morgan fingerprint density at radius 2 is 1.55 bits per heavy atom. The molecule has 0 atom stereocenters. The normalized spacial score (nSPS) is 32.2.